The minimum Gasteiger partial charge on any atom is -0.464 e. The number of rotatable bonds is 13. The average molecular weight is 331 g/mol. The standard InChI is InChI=1S/C17H35N3O2.H3N/c1-4-5-6-7-8-9-10-11-12-13-14-22-15(21)17(2,3)20-16(18)19;/h4-14H2,1-3H3,(H4,18,19,20);1H3. The van der Waals surface area contributed by atoms with Gasteiger partial charge in [0, 0.05) is 0 Å². The largest absolute Gasteiger partial charge is 0.464 e. The molecule has 0 saturated heterocycles. The van der Waals surface area contributed by atoms with Crippen molar-refractivity contribution in [1.29, 1.82) is 0 Å². The van der Waals surface area contributed by atoms with E-state index < -0.39 is 5.54 Å². The van der Waals surface area contributed by atoms with Crippen molar-refractivity contribution >= 4 is 11.9 Å². The minimum atomic E-state index is -1.00. The second kappa shape index (κ2) is 14.3. The highest BCUT2D eigenvalue weighted by Gasteiger charge is 2.28. The highest BCUT2D eigenvalue weighted by molar-refractivity contribution is 5.85. The van der Waals surface area contributed by atoms with Crippen LogP contribution >= 0.6 is 0 Å². The predicted molar refractivity (Wildman–Crippen MR) is 97.7 cm³/mol. The van der Waals surface area contributed by atoms with Crippen molar-refractivity contribution < 1.29 is 9.53 Å². The second-order valence-electron chi connectivity index (χ2n) is 6.41. The molecule has 6 nitrogen and oxygen atoms in total. The summed E-state index contributed by atoms with van der Waals surface area (Å²) in [6.45, 7) is 5.98. The van der Waals surface area contributed by atoms with E-state index >= 15 is 0 Å². The van der Waals surface area contributed by atoms with Crippen molar-refractivity contribution in [2.75, 3.05) is 6.61 Å². The first-order valence-electron chi connectivity index (χ1n) is 8.68. The molecule has 0 rings (SSSR count). The number of esters is 1. The van der Waals surface area contributed by atoms with Crippen LogP contribution in [0.25, 0.3) is 0 Å². The van der Waals surface area contributed by atoms with Crippen molar-refractivity contribution in [3.63, 3.8) is 0 Å². The van der Waals surface area contributed by atoms with Gasteiger partial charge in [-0.2, -0.15) is 0 Å². The molecule has 0 saturated carbocycles. The maximum atomic E-state index is 11.8. The van der Waals surface area contributed by atoms with Crippen LogP contribution in [-0.4, -0.2) is 24.1 Å². The molecule has 23 heavy (non-hydrogen) atoms. The molecule has 0 atom stereocenters. The van der Waals surface area contributed by atoms with Crippen molar-refractivity contribution in [3.8, 4) is 0 Å². The number of hydrogen-bond acceptors (Lipinski definition) is 4. The highest BCUT2D eigenvalue weighted by Crippen LogP contribution is 2.13. The van der Waals surface area contributed by atoms with E-state index in [4.69, 9.17) is 16.2 Å². The smallest absolute Gasteiger partial charge is 0.333 e. The Bertz CT molecular complexity index is 327. The molecular formula is C17H38N4O2. The lowest BCUT2D eigenvalue weighted by molar-refractivity contribution is -0.148. The van der Waals surface area contributed by atoms with E-state index in [9.17, 15) is 4.79 Å². The third kappa shape index (κ3) is 14.0. The van der Waals surface area contributed by atoms with E-state index in [1.807, 2.05) is 0 Å². The molecule has 0 aromatic heterocycles. The van der Waals surface area contributed by atoms with E-state index in [0.717, 1.165) is 12.8 Å². The van der Waals surface area contributed by atoms with Crippen LogP contribution in [0.2, 0.25) is 0 Å². The molecule has 0 spiro atoms. The Morgan fingerprint density at radius 2 is 1.35 bits per heavy atom. The van der Waals surface area contributed by atoms with Crippen LogP contribution in [0, 0.1) is 0 Å². The fourth-order valence-electron chi connectivity index (χ4n) is 2.30. The monoisotopic (exact) mass is 330 g/mol. The van der Waals surface area contributed by atoms with Crippen LogP contribution in [0.1, 0.15) is 85.0 Å². The van der Waals surface area contributed by atoms with Gasteiger partial charge in [-0.15, -0.1) is 0 Å². The SMILES string of the molecule is CCCCCCCCCCCCOC(=O)C(C)(C)N=C(N)N.N. The van der Waals surface area contributed by atoms with Crippen LogP contribution < -0.4 is 17.6 Å². The van der Waals surface area contributed by atoms with Gasteiger partial charge in [0.25, 0.3) is 0 Å². The molecule has 0 fully saturated rings. The first-order chi connectivity index (χ1) is 10.4. The van der Waals surface area contributed by atoms with Crippen LogP contribution in [0.5, 0.6) is 0 Å². The Morgan fingerprint density at radius 3 is 1.78 bits per heavy atom. The van der Waals surface area contributed by atoms with Crippen molar-refractivity contribution in [3.05, 3.63) is 0 Å². The minimum absolute atomic E-state index is 0. The summed E-state index contributed by atoms with van der Waals surface area (Å²) in [4.78, 5) is 15.7. The van der Waals surface area contributed by atoms with E-state index in [0.29, 0.717) is 6.61 Å². The second-order valence-corrected chi connectivity index (χ2v) is 6.41. The van der Waals surface area contributed by atoms with Crippen LogP contribution in [0.15, 0.2) is 4.99 Å². The molecule has 0 aliphatic carbocycles. The topological polar surface area (TPSA) is 126 Å². The van der Waals surface area contributed by atoms with Crippen molar-refractivity contribution in [2.24, 2.45) is 16.5 Å². The van der Waals surface area contributed by atoms with E-state index in [2.05, 4.69) is 11.9 Å². The van der Waals surface area contributed by atoms with Gasteiger partial charge < -0.3 is 22.4 Å². The summed E-state index contributed by atoms with van der Waals surface area (Å²) < 4.78 is 5.22. The van der Waals surface area contributed by atoms with E-state index in [1.54, 1.807) is 13.8 Å². The number of carbonyl (C=O) groups excluding carboxylic acids is 1. The van der Waals surface area contributed by atoms with Gasteiger partial charge in [-0.3, -0.25) is 0 Å². The number of aliphatic imine (C=N–C) groups is 1. The summed E-state index contributed by atoms with van der Waals surface area (Å²) in [7, 11) is 0. The van der Waals surface area contributed by atoms with Gasteiger partial charge in [-0.1, -0.05) is 64.7 Å². The Kier molecular flexibility index (Phi) is 14.9. The summed E-state index contributed by atoms with van der Waals surface area (Å²) in [6, 6.07) is 0. The Balaban J connectivity index is 0. The molecule has 6 heteroatoms. The van der Waals surface area contributed by atoms with Crippen molar-refractivity contribution in [2.45, 2.75) is 90.5 Å². The van der Waals surface area contributed by atoms with Gasteiger partial charge >= 0.3 is 5.97 Å². The third-order valence-corrected chi connectivity index (χ3v) is 3.64. The highest BCUT2D eigenvalue weighted by atomic mass is 16.5. The van der Waals surface area contributed by atoms with Gasteiger partial charge in [0.05, 0.1) is 6.61 Å². The number of guanidine groups is 1. The molecule has 0 aliphatic rings. The van der Waals surface area contributed by atoms with Gasteiger partial charge in [0.15, 0.2) is 11.5 Å². The molecule has 0 aromatic carbocycles. The number of carbonyl (C=O) groups is 1. The lowest BCUT2D eigenvalue weighted by Crippen LogP contribution is -2.37. The Morgan fingerprint density at radius 1 is 0.913 bits per heavy atom. The number of nitrogens with two attached hydrogens (primary N) is 2. The molecule has 7 N–H and O–H groups in total. The van der Waals surface area contributed by atoms with Crippen molar-refractivity contribution in [1.82, 2.24) is 6.15 Å². The molecule has 0 heterocycles. The molecule has 0 radical (unpaired) electrons. The van der Waals surface area contributed by atoms with Crippen LogP contribution in [0.4, 0.5) is 0 Å². The molecule has 0 amide bonds. The Labute approximate surface area is 142 Å². The first-order valence-corrected chi connectivity index (χ1v) is 8.68. The van der Waals surface area contributed by atoms with E-state index in [-0.39, 0.29) is 18.1 Å². The lowest BCUT2D eigenvalue weighted by atomic mass is 10.1. The lowest BCUT2D eigenvalue weighted by Gasteiger charge is -2.18. The number of hydrogen-bond donors (Lipinski definition) is 3. The molecular weight excluding hydrogens is 292 g/mol. The maximum Gasteiger partial charge on any atom is 0.333 e. The summed E-state index contributed by atoms with van der Waals surface area (Å²) in [5, 5.41) is 0. The predicted octanol–water partition coefficient (Wildman–Crippen LogP) is 3.66. The third-order valence-electron chi connectivity index (χ3n) is 3.64. The van der Waals surface area contributed by atoms with Gasteiger partial charge in [0.1, 0.15) is 0 Å². The molecule has 0 bridgehead atoms. The normalized spacial score (nSPS) is 10.7. The molecule has 138 valence electrons. The zero-order chi connectivity index (χ0) is 16.8. The maximum absolute atomic E-state index is 11.8. The quantitative estimate of drug-likeness (QED) is 0.205. The fourth-order valence-corrected chi connectivity index (χ4v) is 2.30. The average Bonchev–Trinajstić information content (AvgIpc) is 2.43. The molecule has 0 aromatic rings. The van der Waals surface area contributed by atoms with E-state index in [1.165, 1.54) is 51.4 Å². The molecule has 0 aliphatic heterocycles. The van der Waals surface area contributed by atoms with Gasteiger partial charge in [-0.25, -0.2) is 9.79 Å². The van der Waals surface area contributed by atoms with Gasteiger partial charge in [-0.05, 0) is 20.3 Å². The Hall–Kier alpha value is -1.30. The number of unbranched alkanes of at least 4 members (excludes halogenated alkanes) is 9. The number of ether oxygens (including phenoxy) is 1. The number of nitrogens with zero attached hydrogens (tertiary/aromatic N) is 1. The zero-order valence-corrected chi connectivity index (χ0v) is 15.4. The summed E-state index contributed by atoms with van der Waals surface area (Å²) in [6.07, 6.45) is 12.6. The summed E-state index contributed by atoms with van der Waals surface area (Å²) in [5.74, 6) is -0.474. The first kappa shape index (κ1) is 24.0. The summed E-state index contributed by atoms with van der Waals surface area (Å²) >= 11 is 0. The zero-order valence-electron chi connectivity index (χ0n) is 15.4. The fraction of sp³-hybridized carbons (Fsp3) is 0.882. The van der Waals surface area contributed by atoms with Crippen LogP contribution in [-0.2, 0) is 9.53 Å². The van der Waals surface area contributed by atoms with Gasteiger partial charge in [0.2, 0.25) is 0 Å². The van der Waals surface area contributed by atoms with Crippen LogP contribution in [0.3, 0.4) is 0 Å². The molecule has 0 unspecified atom stereocenters. The summed E-state index contributed by atoms with van der Waals surface area (Å²) in [5.41, 5.74) is 9.59.